The Morgan fingerprint density at radius 1 is 1.19 bits per heavy atom. The van der Waals surface area contributed by atoms with E-state index >= 15 is 0 Å². The Bertz CT molecular complexity index is 641. The van der Waals surface area contributed by atoms with Crippen LogP contribution < -0.4 is 5.32 Å². The Kier molecular flexibility index (Phi) is 3.59. The molecule has 1 aliphatic heterocycles. The van der Waals surface area contributed by atoms with Crippen molar-refractivity contribution in [2.45, 2.75) is 25.6 Å². The van der Waals surface area contributed by atoms with Crippen molar-refractivity contribution < 1.29 is 13.2 Å². The quantitative estimate of drug-likeness (QED) is 0.922. The van der Waals surface area contributed by atoms with Gasteiger partial charge in [-0.2, -0.15) is 13.2 Å². The maximum absolute atomic E-state index is 13.2. The molecule has 0 saturated carbocycles. The van der Waals surface area contributed by atoms with E-state index < -0.39 is 11.9 Å². The molecule has 1 N–H and O–H groups in total. The first-order valence-electron chi connectivity index (χ1n) is 6.60. The van der Waals surface area contributed by atoms with E-state index in [1.54, 1.807) is 24.4 Å². The van der Waals surface area contributed by atoms with Gasteiger partial charge in [-0.3, -0.25) is 4.98 Å². The molecule has 0 amide bonds. The third-order valence-electron chi connectivity index (χ3n) is 3.32. The highest BCUT2D eigenvalue weighted by Gasteiger charge is 2.37. The van der Waals surface area contributed by atoms with Gasteiger partial charge in [-0.15, -0.1) is 0 Å². The van der Waals surface area contributed by atoms with E-state index in [-0.39, 0.29) is 17.8 Å². The Morgan fingerprint density at radius 2 is 2.05 bits per heavy atom. The van der Waals surface area contributed by atoms with Crippen LogP contribution in [-0.2, 0) is 25.6 Å². The second-order valence-electron chi connectivity index (χ2n) is 4.84. The first-order valence-corrected chi connectivity index (χ1v) is 6.60. The number of alkyl halides is 3. The molecule has 0 saturated heterocycles. The van der Waals surface area contributed by atoms with E-state index in [9.17, 15) is 13.2 Å². The standard InChI is InChI=1S/C14H13F3N4/c15-14(16,17)13-10-4-6-18-8-11(10)20-12(21-13)7-9-3-1-2-5-19-9/h1-3,5,18H,4,6-8H2. The van der Waals surface area contributed by atoms with Crippen LogP contribution in [0.3, 0.4) is 0 Å². The van der Waals surface area contributed by atoms with Crippen molar-refractivity contribution >= 4 is 0 Å². The molecule has 0 unspecified atom stereocenters. The van der Waals surface area contributed by atoms with Crippen LogP contribution in [0, 0.1) is 0 Å². The highest BCUT2D eigenvalue weighted by Crippen LogP contribution is 2.32. The van der Waals surface area contributed by atoms with Crippen molar-refractivity contribution in [3.8, 4) is 0 Å². The fourth-order valence-electron chi connectivity index (χ4n) is 2.39. The zero-order valence-corrected chi connectivity index (χ0v) is 11.1. The summed E-state index contributed by atoms with van der Waals surface area (Å²) in [4.78, 5) is 12.1. The van der Waals surface area contributed by atoms with Crippen LogP contribution in [0.2, 0.25) is 0 Å². The molecule has 3 heterocycles. The van der Waals surface area contributed by atoms with Gasteiger partial charge in [0.2, 0.25) is 0 Å². The maximum atomic E-state index is 13.2. The van der Waals surface area contributed by atoms with Gasteiger partial charge in [0.05, 0.1) is 12.1 Å². The van der Waals surface area contributed by atoms with E-state index in [4.69, 9.17) is 0 Å². The zero-order valence-electron chi connectivity index (χ0n) is 11.1. The van der Waals surface area contributed by atoms with Gasteiger partial charge in [0.1, 0.15) is 5.82 Å². The summed E-state index contributed by atoms with van der Waals surface area (Å²) in [6.07, 6.45) is -2.37. The van der Waals surface area contributed by atoms with Crippen LogP contribution in [0.15, 0.2) is 24.4 Å². The summed E-state index contributed by atoms with van der Waals surface area (Å²) < 4.78 is 39.5. The molecule has 0 bridgehead atoms. The predicted octanol–water partition coefficient (Wildman–Crippen LogP) is 2.13. The minimum atomic E-state index is -4.46. The number of nitrogens with zero attached hydrogens (tertiary/aromatic N) is 3. The summed E-state index contributed by atoms with van der Waals surface area (Å²) in [6, 6.07) is 5.28. The number of rotatable bonds is 2. The molecule has 3 rings (SSSR count). The molecule has 4 nitrogen and oxygen atoms in total. The molecule has 2 aromatic heterocycles. The zero-order chi connectivity index (χ0) is 14.9. The van der Waals surface area contributed by atoms with E-state index in [0.29, 0.717) is 30.9 Å². The molecule has 2 aromatic rings. The minimum Gasteiger partial charge on any atom is -0.311 e. The molecule has 0 fully saturated rings. The molecule has 1 aliphatic rings. The SMILES string of the molecule is FC(F)(F)c1nc(Cc2ccccn2)nc2c1CCNC2. The molecule has 110 valence electrons. The van der Waals surface area contributed by atoms with Crippen molar-refractivity contribution in [2.75, 3.05) is 6.54 Å². The highest BCUT2D eigenvalue weighted by molar-refractivity contribution is 5.31. The normalized spacial score (nSPS) is 14.8. The van der Waals surface area contributed by atoms with Gasteiger partial charge in [-0.25, -0.2) is 9.97 Å². The molecule has 0 aromatic carbocycles. The average molecular weight is 294 g/mol. The largest absolute Gasteiger partial charge is 0.433 e. The van der Waals surface area contributed by atoms with Crippen LogP contribution in [0.25, 0.3) is 0 Å². The summed E-state index contributed by atoms with van der Waals surface area (Å²) in [5.74, 6) is 0.156. The van der Waals surface area contributed by atoms with Crippen LogP contribution in [0.4, 0.5) is 13.2 Å². The molecule has 7 heteroatoms. The van der Waals surface area contributed by atoms with Gasteiger partial charge in [-0.05, 0) is 25.1 Å². The van der Waals surface area contributed by atoms with Gasteiger partial charge < -0.3 is 5.32 Å². The smallest absolute Gasteiger partial charge is 0.311 e. The molecule has 0 atom stereocenters. The fourth-order valence-corrected chi connectivity index (χ4v) is 2.39. The third kappa shape index (κ3) is 3.02. The summed E-state index contributed by atoms with van der Waals surface area (Å²) in [5, 5.41) is 3.04. The second-order valence-corrected chi connectivity index (χ2v) is 4.84. The number of hydrogen-bond acceptors (Lipinski definition) is 4. The highest BCUT2D eigenvalue weighted by atomic mass is 19.4. The van der Waals surface area contributed by atoms with Gasteiger partial charge in [0, 0.05) is 24.0 Å². The first kappa shape index (κ1) is 13.9. The van der Waals surface area contributed by atoms with Gasteiger partial charge in [-0.1, -0.05) is 6.07 Å². The topological polar surface area (TPSA) is 50.7 Å². The van der Waals surface area contributed by atoms with E-state index in [1.165, 1.54) is 0 Å². The van der Waals surface area contributed by atoms with Gasteiger partial charge in [0.15, 0.2) is 5.69 Å². The molecule has 21 heavy (non-hydrogen) atoms. The Balaban J connectivity index is 2.02. The lowest BCUT2D eigenvalue weighted by atomic mass is 10.0. The molecule has 0 spiro atoms. The van der Waals surface area contributed by atoms with E-state index in [1.807, 2.05) is 0 Å². The monoisotopic (exact) mass is 294 g/mol. The number of hydrogen-bond donors (Lipinski definition) is 1. The molecular formula is C14H13F3N4. The summed E-state index contributed by atoms with van der Waals surface area (Å²) in [6.45, 7) is 0.856. The van der Waals surface area contributed by atoms with Crippen LogP contribution in [-0.4, -0.2) is 21.5 Å². The van der Waals surface area contributed by atoms with Crippen molar-refractivity contribution in [1.82, 2.24) is 20.3 Å². The number of pyridine rings is 1. The van der Waals surface area contributed by atoms with E-state index in [0.717, 1.165) is 0 Å². The summed E-state index contributed by atoms with van der Waals surface area (Å²) in [7, 11) is 0. The minimum absolute atomic E-state index is 0.156. The lowest BCUT2D eigenvalue weighted by Gasteiger charge is -2.21. The number of fused-ring (bicyclic) bond motifs is 1. The lowest BCUT2D eigenvalue weighted by molar-refractivity contribution is -0.142. The van der Waals surface area contributed by atoms with Crippen molar-refractivity contribution in [3.63, 3.8) is 0 Å². The average Bonchev–Trinajstić information content (AvgIpc) is 2.46. The Morgan fingerprint density at radius 3 is 2.76 bits per heavy atom. The Hall–Kier alpha value is -2.02. The number of aromatic nitrogens is 3. The first-order chi connectivity index (χ1) is 10.0. The van der Waals surface area contributed by atoms with Gasteiger partial charge in [0.25, 0.3) is 0 Å². The lowest BCUT2D eigenvalue weighted by Crippen LogP contribution is -2.29. The molecule has 0 radical (unpaired) electrons. The Labute approximate surface area is 119 Å². The van der Waals surface area contributed by atoms with Crippen LogP contribution >= 0.6 is 0 Å². The third-order valence-corrected chi connectivity index (χ3v) is 3.32. The van der Waals surface area contributed by atoms with Crippen LogP contribution in [0.1, 0.15) is 28.5 Å². The number of halogens is 3. The van der Waals surface area contributed by atoms with Gasteiger partial charge >= 0.3 is 6.18 Å². The second kappa shape index (κ2) is 5.40. The summed E-state index contributed by atoms with van der Waals surface area (Å²) >= 11 is 0. The van der Waals surface area contributed by atoms with Crippen LogP contribution in [0.5, 0.6) is 0 Å². The van der Waals surface area contributed by atoms with Crippen molar-refractivity contribution in [2.24, 2.45) is 0 Å². The van der Waals surface area contributed by atoms with E-state index in [2.05, 4.69) is 20.3 Å². The van der Waals surface area contributed by atoms with Crippen molar-refractivity contribution in [1.29, 1.82) is 0 Å². The number of nitrogens with one attached hydrogen (secondary N) is 1. The van der Waals surface area contributed by atoms with Crippen molar-refractivity contribution in [3.05, 3.63) is 52.9 Å². The predicted molar refractivity (Wildman–Crippen MR) is 69.5 cm³/mol. The summed E-state index contributed by atoms with van der Waals surface area (Å²) in [5.41, 5.74) is 0.495. The molecule has 0 aliphatic carbocycles. The maximum Gasteiger partial charge on any atom is 0.433 e. The fraction of sp³-hybridized carbons (Fsp3) is 0.357. The molecular weight excluding hydrogens is 281 g/mol.